The van der Waals surface area contributed by atoms with Gasteiger partial charge >= 0.3 is 0 Å². The zero-order valence-corrected chi connectivity index (χ0v) is 12.8. The molecule has 22 heavy (non-hydrogen) atoms. The number of nitriles is 3. The largest absolute Gasteiger partial charge is 0.383 e. The Morgan fingerprint density at radius 2 is 1.82 bits per heavy atom. The summed E-state index contributed by atoms with van der Waals surface area (Å²) in [6, 6.07) is 6.16. The highest BCUT2D eigenvalue weighted by atomic mass is 15.5. The molecule has 1 atom stereocenters. The van der Waals surface area contributed by atoms with E-state index in [9.17, 15) is 15.8 Å². The van der Waals surface area contributed by atoms with Gasteiger partial charge in [-0.1, -0.05) is 0 Å². The number of hydrogen-bond donors (Lipinski definition) is 1. The number of nitrogens with two attached hydrogens (primary N) is 1. The Hall–Kier alpha value is -2.52. The molecule has 3 aliphatic rings. The van der Waals surface area contributed by atoms with E-state index < -0.39 is 11.0 Å². The SMILES string of the molecule is C/C(=N\N1C(N)=C(C#N)C(C#N)(C#N)C1(C)C1CC1)C1CC1. The molecule has 0 spiro atoms. The van der Waals surface area contributed by atoms with Gasteiger partial charge in [0.1, 0.15) is 23.0 Å². The third-order valence-corrected chi connectivity index (χ3v) is 5.30. The Kier molecular flexibility index (Phi) is 2.94. The lowest BCUT2D eigenvalue weighted by molar-refractivity contribution is 0.0955. The van der Waals surface area contributed by atoms with Crippen molar-refractivity contribution in [3.63, 3.8) is 0 Å². The summed E-state index contributed by atoms with van der Waals surface area (Å²) in [4.78, 5) is 0. The zero-order chi connectivity index (χ0) is 16.1. The van der Waals surface area contributed by atoms with Crippen molar-refractivity contribution in [2.75, 3.05) is 0 Å². The molecule has 112 valence electrons. The van der Waals surface area contributed by atoms with Gasteiger partial charge < -0.3 is 5.73 Å². The molecule has 0 aromatic carbocycles. The lowest BCUT2D eigenvalue weighted by Crippen LogP contribution is -2.53. The van der Waals surface area contributed by atoms with Crippen LogP contribution in [0.15, 0.2) is 16.5 Å². The molecule has 0 bridgehead atoms. The predicted octanol–water partition coefficient (Wildman–Crippen LogP) is 1.98. The molecule has 3 rings (SSSR count). The molecule has 0 aromatic heterocycles. The molecular weight excluding hydrogens is 276 g/mol. The van der Waals surface area contributed by atoms with Gasteiger partial charge in [0.05, 0.1) is 12.1 Å². The molecule has 2 N–H and O–H groups in total. The first-order chi connectivity index (χ1) is 10.5. The number of nitrogens with zero attached hydrogens (tertiary/aromatic N) is 5. The second kappa shape index (κ2) is 4.49. The van der Waals surface area contributed by atoms with E-state index in [2.05, 4.69) is 17.2 Å². The van der Waals surface area contributed by atoms with Gasteiger partial charge in [-0.25, -0.2) is 5.01 Å². The summed E-state index contributed by atoms with van der Waals surface area (Å²) < 4.78 is 0. The lowest BCUT2D eigenvalue weighted by Gasteiger charge is -2.40. The van der Waals surface area contributed by atoms with Crippen LogP contribution in [0.4, 0.5) is 0 Å². The molecule has 2 saturated carbocycles. The summed E-state index contributed by atoms with van der Waals surface area (Å²) in [5.41, 5.74) is 4.71. The average Bonchev–Trinajstić information content (AvgIpc) is 3.40. The molecular formula is C16H18N6. The highest BCUT2D eigenvalue weighted by Crippen LogP contribution is 2.59. The number of hydrazone groups is 1. The van der Waals surface area contributed by atoms with E-state index in [1.54, 1.807) is 5.01 Å². The summed E-state index contributed by atoms with van der Waals surface area (Å²) in [6.45, 7) is 3.79. The minimum atomic E-state index is -1.56. The molecule has 2 fully saturated rings. The van der Waals surface area contributed by atoms with Gasteiger partial charge in [0.25, 0.3) is 0 Å². The Bertz CT molecular complexity index is 690. The van der Waals surface area contributed by atoms with Gasteiger partial charge in [0.15, 0.2) is 0 Å². The van der Waals surface area contributed by atoms with Gasteiger partial charge in [-0.05, 0) is 51.4 Å². The van der Waals surface area contributed by atoms with E-state index in [0.29, 0.717) is 5.92 Å². The van der Waals surface area contributed by atoms with E-state index in [0.717, 1.165) is 31.4 Å². The van der Waals surface area contributed by atoms with Crippen molar-refractivity contribution < 1.29 is 0 Å². The number of rotatable bonds is 3. The van der Waals surface area contributed by atoms with E-state index in [-0.39, 0.29) is 17.3 Å². The summed E-state index contributed by atoms with van der Waals surface area (Å²) >= 11 is 0. The summed E-state index contributed by atoms with van der Waals surface area (Å²) in [6.07, 6.45) is 4.06. The van der Waals surface area contributed by atoms with Gasteiger partial charge in [-0.3, -0.25) is 0 Å². The monoisotopic (exact) mass is 294 g/mol. The van der Waals surface area contributed by atoms with Crippen LogP contribution in [0.2, 0.25) is 0 Å². The minimum Gasteiger partial charge on any atom is -0.383 e. The van der Waals surface area contributed by atoms with Crippen molar-refractivity contribution in [2.24, 2.45) is 28.1 Å². The van der Waals surface area contributed by atoms with Crippen LogP contribution in [0.3, 0.4) is 0 Å². The van der Waals surface area contributed by atoms with Crippen LogP contribution in [0.1, 0.15) is 39.5 Å². The highest BCUT2D eigenvalue weighted by Gasteiger charge is 2.68. The van der Waals surface area contributed by atoms with E-state index in [4.69, 9.17) is 5.73 Å². The molecule has 0 amide bonds. The van der Waals surface area contributed by atoms with Gasteiger partial charge in [0.2, 0.25) is 5.41 Å². The molecule has 1 heterocycles. The maximum atomic E-state index is 9.73. The van der Waals surface area contributed by atoms with Gasteiger partial charge in [-0.2, -0.15) is 20.9 Å². The highest BCUT2D eigenvalue weighted by molar-refractivity contribution is 5.86. The van der Waals surface area contributed by atoms with E-state index >= 15 is 0 Å². The van der Waals surface area contributed by atoms with Crippen molar-refractivity contribution in [2.45, 2.75) is 45.1 Å². The fraction of sp³-hybridized carbons (Fsp3) is 0.625. The maximum absolute atomic E-state index is 9.73. The zero-order valence-electron chi connectivity index (χ0n) is 12.8. The predicted molar refractivity (Wildman–Crippen MR) is 79.3 cm³/mol. The first kappa shape index (κ1) is 14.4. The van der Waals surface area contributed by atoms with Crippen LogP contribution in [0.5, 0.6) is 0 Å². The van der Waals surface area contributed by atoms with Crippen molar-refractivity contribution in [1.82, 2.24) is 5.01 Å². The summed E-state index contributed by atoms with van der Waals surface area (Å²) in [5.74, 6) is 0.757. The van der Waals surface area contributed by atoms with Crippen molar-refractivity contribution in [1.29, 1.82) is 15.8 Å². The number of hydrogen-bond acceptors (Lipinski definition) is 6. The second-order valence-electron chi connectivity index (χ2n) is 6.59. The lowest BCUT2D eigenvalue weighted by atomic mass is 9.67. The first-order valence-electron chi connectivity index (χ1n) is 7.54. The average molecular weight is 294 g/mol. The fourth-order valence-corrected chi connectivity index (χ4v) is 3.49. The molecule has 0 saturated heterocycles. The van der Waals surface area contributed by atoms with E-state index in [1.807, 2.05) is 19.9 Å². The quantitative estimate of drug-likeness (QED) is 0.799. The third kappa shape index (κ3) is 1.60. The normalized spacial score (nSPS) is 30.7. The molecule has 1 aliphatic heterocycles. The summed E-state index contributed by atoms with van der Waals surface area (Å²) in [7, 11) is 0. The van der Waals surface area contributed by atoms with Crippen molar-refractivity contribution in [3.05, 3.63) is 11.4 Å². The molecule has 1 unspecified atom stereocenters. The molecule has 0 radical (unpaired) electrons. The van der Waals surface area contributed by atoms with Crippen LogP contribution in [0.25, 0.3) is 0 Å². The van der Waals surface area contributed by atoms with Crippen LogP contribution in [-0.4, -0.2) is 16.3 Å². The van der Waals surface area contributed by atoms with Crippen LogP contribution in [-0.2, 0) is 0 Å². The Morgan fingerprint density at radius 3 is 2.23 bits per heavy atom. The summed E-state index contributed by atoms with van der Waals surface area (Å²) in [5, 5.41) is 35.2. The maximum Gasteiger partial charge on any atom is 0.206 e. The molecule has 0 aromatic rings. The third-order valence-electron chi connectivity index (χ3n) is 5.30. The molecule has 6 nitrogen and oxygen atoms in total. The molecule has 2 aliphatic carbocycles. The van der Waals surface area contributed by atoms with E-state index in [1.165, 1.54) is 0 Å². The van der Waals surface area contributed by atoms with Crippen LogP contribution >= 0.6 is 0 Å². The topological polar surface area (TPSA) is 113 Å². The van der Waals surface area contributed by atoms with Crippen molar-refractivity contribution in [3.8, 4) is 18.2 Å². The van der Waals surface area contributed by atoms with Crippen LogP contribution in [0, 0.1) is 51.2 Å². The van der Waals surface area contributed by atoms with Crippen LogP contribution < -0.4 is 5.73 Å². The molecule has 6 heteroatoms. The Morgan fingerprint density at radius 1 is 1.23 bits per heavy atom. The second-order valence-corrected chi connectivity index (χ2v) is 6.59. The minimum absolute atomic E-state index is 0.0410. The van der Waals surface area contributed by atoms with Gasteiger partial charge in [-0.15, -0.1) is 0 Å². The first-order valence-corrected chi connectivity index (χ1v) is 7.54. The smallest absolute Gasteiger partial charge is 0.206 e. The standard InChI is InChI=1S/C16H18N6/c1-10(11-3-4-11)21-22-14(20)13(7-17)16(8-18,9-19)15(22,2)12-5-6-12/h11-12H,3-6,20H2,1-2H3/b21-10+. The Balaban J connectivity index is 2.18. The van der Waals surface area contributed by atoms with Crippen molar-refractivity contribution >= 4 is 5.71 Å². The fourth-order valence-electron chi connectivity index (χ4n) is 3.49. The van der Waals surface area contributed by atoms with Gasteiger partial charge in [0, 0.05) is 5.71 Å². The Labute approximate surface area is 130 Å².